The standard InChI is InChI=1S/C22H14ClFINO/c23-19-7-3-2-6-18(19)17(13-26)11-15-9-10-22(21(25)12-15)27-14-16-5-1-4-8-20(16)24/h1-12H,14H2. The monoisotopic (exact) mass is 489 g/mol. The van der Waals surface area contributed by atoms with E-state index in [4.69, 9.17) is 16.3 Å². The molecule has 0 saturated heterocycles. The van der Waals surface area contributed by atoms with Crippen LogP contribution in [0.1, 0.15) is 16.7 Å². The molecule has 0 aliphatic carbocycles. The Morgan fingerprint density at radius 1 is 1.11 bits per heavy atom. The first-order valence-electron chi connectivity index (χ1n) is 8.11. The molecule has 0 amide bonds. The topological polar surface area (TPSA) is 33.0 Å². The van der Waals surface area contributed by atoms with Gasteiger partial charge in [0.1, 0.15) is 18.2 Å². The molecule has 27 heavy (non-hydrogen) atoms. The van der Waals surface area contributed by atoms with Gasteiger partial charge >= 0.3 is 0 Å². The predicted molar refractivity (Wildman–Crippen MR) is 115 cm³/mol. The van der Waals surface area contributed by atoms with Crippen molar-refractivity contribution in [2.24, 2.45) is 0 Å². The summed E-state index contributed by atoms with van der Waals surface area (Å²) in [5.41, 5.74) is 2.53. The molecule has 0 aliphatic rings. The fraction of sp³-hybridized carbons (Fsp3) is 0.0455. The molecule has 0 aromatic heterocycles. The molecule has 0 heterocycles. The van der Waals surface area contributed by atoms with E-state index in [2.05, 4.69) is 28.7 Å². The lowest BCUT2D eigenvalue weighted by molar-refractivity contribution is 0.297. The average Bonchev–Trinajstić information content (AvgIpc) is 2.67. The minimum Gasteiger partial charge on any atom is -0.488 e. The number of nitrogens with zero attached hydrogens (tertiary/aromatic N) is 1. The number of benzene rings is 3. The molecule has 0 bridgehead atoms. The van der Waals surface area contributed by atoms with Crippen LogP contribution >= 0.6 is 34.2 Å². The lowest BCUT2D eigenvalue weighted by Crippen LogP contribution is -1.99. The van der Waals surface area contributed by atoms with Crippen LogP contribution in [-0.4, -0.2) is 0 Å². The van der Waals surface area contributed by atoms with Crippen LogP contribution in [0.15, 0.2) is 66.7 Å². The number of halogens is 3. The minimum atomic E-state index is -0.287. The highest BCUT2D eigenvalue weighted by molar-refractivity contribution is 14.1. The zero-order valence-corrected chi connectivity index (χ0v) is 17.0. The first kappa shape index (κ1) is 19.4. The Kier molecular flexibility index (Phi) is 6.49. The summed E-state index contributed by atoms with van der Waals surface area (Å²) in [6.45, 7) is 0.154. The van der Waals surface area contributed by atoms with Gasteiger partial charge in [-0.15, -0.1) is 0 Å². The van der Waals surface area contributed by atoms with Crippen molar-refractivity contribution in [3.8, 4) is 11.8 Å². The summed E-state index contributed by atoms with van der Waals surface area (Å²) in [4.78, 5) is 0. The van der Waals surface area contributed by atoms with Crippen molar-refractivity contribution in [2.75, 3.05) is 0 Å². The van der Waals surface area contributed by atoms with Crippen molar-refractivity contribution >= 4 is 45.8 Å². The molecular weight excluding hydrogens is 476 g/mol. The van der Waals surface area contributed by atoms with Gasteiger partial charge in [0.2, 0.25) is 0 Å². The molecule has 3 aromatic carbocycles. The molecule has 3 aromatic rings. The molecule has 0 spiro atoms. The zero-order valence-electron chi connectivity index (χ0n) is 14.1. The molecule has 0 aliphatic heterocycles. The summed E-state index contributed by atoms with van der Waals surface area (Å²) in [7, 11) is 0. The highest BCUT2D eigenvalue weighted by Crippen LogP contribution is 2.28. The Labute approximate surface area is 176 Å². The zero-order chi connectivity index (χ0) is 19.2. The maximum absolute atomic E-state index is 13.7. The summed E-state index contributed by atoms with van der Waals surface area (Å²) >= 11 is 8.35. The second-order valence-corrected chi connectivity index (χ2v) is 7.29. The summed E-state index contributed by atoms with van der Waals surface area (Å²) in [5, 5.41) is 10.0. The maximum atomic E-state index is 13.7. The molecule has 3 rings (SSSR count). The van der Waals surface area contributed by atoms with Crippen molar-refractivity contribution in [3.63, 3.8) is 0 Å². The van der Waals surface area contributed by atoms with Gasteiger partial charge < -0.3 is 4.74 Å². The largest absolute Gasteiger partial charge is 0.488 e. The fourth-order valence-electron chi connectivity index (χ4n) is 2.51. The van der Waals surface area contributed by atoms with Crippen LogP contribution < -0.4 is 4.74 Å². The SMILES string of the molecule is N#CC(=Cc1ccc(OCc2ccccc2F)c(I)c1)c1ccccc1Cl. The van der Waals surface area contributed by atoms with E-state index < -0.39 is 0 Å². The number of hydrogen-bond donors (Lipinski definition) is 0. The van der Waals surface area contributed by atoms with E-state index in [1.165, 1.54) is 6.07 Å². The third-order valence-corrected chi connectivity index (χ3v) is 5.07. The van der Waals surface area contributed by atoms with E-state index >= 15 is 0 Å². The highest BCUT2D eigenvalue weighted by Gasteiger charge is 2.08. The smallest absolute Gasteiger partial charge is 0.133 e. The molecule has 0 saturated carbocycles. The van der Waals surface area contributed by atoms with Gasteiger partial charge in [0.05, 0.1) is 15.2 Å². The fourth-order valence-corrected chi connectivity index (χ4v) is 3.44. The Hall–Kier alpha value is -2.36. The second kappa shape index (κ2) is 9.03. The van der Waals surface area contributed by atoms with Gasteiger partial charge in [-0.1, -0.05) is 54.1 Å². The van der Waals surface area contributed by atoms with Crippen LogP contribution in [0.3, 0.4) is 0 Å². The van der Waals surface area contributed by atoms with Crippen molar-refractivity contribution in [1.29, 1.82) is 5.26 Å². The first-order chi connectivity index (χ1) is 13.1. The summed E-state index contributed by atoms with van der Waals surface area (Å²) in [6.07, 6.45) is 1.78. The van der Waals surface area contributed by atoms with E-state index in [9.17, 15) is 9.65 Å². The van der Waals surface area contributed by atoms with Gasteiger partial charge in [-0.2, -0.15) is 5.26 Å². The number of ether oxygens (including phenoxy) is 1. The quantitative estimate of drug-likeness (QED) is 0.226. The maximum Gasteiger partial charge on any atom is 0.133 e. The van der Waals surface area contributed by atoms with E-state index in [0.29, 0.717) is 27.5 Å². The summed E-state index contributed by atoms with van der Waals surface area (Å²) in [5.74, 6) is 0.373. The first-order valence-corrected chi connectivity index (χ1v) is 9.56. The second-order valence-electron chi connectivity index (χ2n) is 5.72. The summed E-state index contributed by atoms with van der Waals surface area (Å²) in [6, 6.07) is 21.5. The lowest BCUT2D eigenvalue weighted by Gasteiger charge is -2.10. The number of nitriles is 1. The number of allylic oxidation sites excluding steroid dienone is 1. The Bertz CT molecular complexity index is 1040. The van der Waals surface area contributed by atoms with Crippen LogP contribution in [0.5, 0.6) is 5.75 Å². The molecule has 0 unspecified atom stereocenters. The highest BCUT2D eigenvalue weighted by atomic mass is 127. The van der Waals surface area contributed by atoms with Crippen molar-refractivity contribution in [3.05, 3.63) is 97.8 Å². The van der Waals surface area contributed by atoms with Gasteiger partial charge in [0, 0.05) is 16.1 Å². The Balaban J connectivity index is 1.81. The molecule has 2 nitrogen and oxygen atoms in total. The Morgan fingerprint density at radius 3 is 2.56 bits per heavy atom. The van der Waals surface area contributed by atoms with Gasteiger partial charge in [0.25, 0.3) is 0 Å². The van der Waals surface area contributed by atoms with Crippen LogP contribution in [-0.2, 0) is 6.61 Å². The lowest BCUT2D eigenvalue weighted by atomic mass is 10.0. The van der Waals surface area contributed by atoms with Crippen LogP contribution in [0.2, 0.25) is 5.02 Å². The van der Waals surface area contributed by atoms with Gasteiger partial charge in [0.15, 0.2) is 0 Å². The Morgan fingerprint density at radius 2 is 1.85 bits per heavy atom. The van der Waals surface area contributed by atoms with Crippen molar-refractivity contribution in [1.82, 2.24) is 0 Å². The predicted octanol–water partition coefficient (Wildman–Crippen LogP) is 6.73. The number of hydrogen-bond acceptors (Lipinski definition) is 2. The normalized spacial score (nSPS) is 11.1. The molecule has 0 radical (unpaired) electrons. The minimum absolute atomic E-state index is 0.154. The molecular formula is C22H14ClFINO. The van der Waals surface area contributed by atoms with E-state index in [-0.39, 0.29) is 12.4 Å². The van der Waals surface area contributed by atoms with Crippen LogP contribution in [0.4, 0.5) is 4.39 Å². The molecule has 0 fully saturated rings. The van der Waals surface area contributed by atoms with Crippen molar-refractivity contribution in [2.45, 2.75) is 6.61 Å². The third kappa shape index (κ3) is 4.88. The van der Waals surface area contributed by atoms with E-state index in [1.807, 2.05) is 36.4 Å². The van der Waals surface area contributed by atoms with Crippen molar-refractivity contribution < 1.29 is 9.13 Å². The average molecular weight is 490 g/mol. The number of rotatable bonds is 5. The molecule has 0 N–H and O–H groups in total. The molecule has 0 atom stereocenters. The molecule has 134 valence electrons. The summed E-state index contributed by atoms with van der Waals surface area (Å²) < 4.78 is 20.3. The van der Waals surface area contributed by atoms with Gasteiger partial charge in [-0.25, -0.2) is 4.39 Å². The van der Waals surface area contributed by atoms with Gasteiger partial charge in [-0.05, 0) is 58.5 Å². The van der Waals surface area contributed by atoms with Crippen LogP contribution in [0, 0.1) is 20.7 Å². The van der Waals surface area contributed by atoms with E-state index in [1.54, 1.807) is 30.3 Å². The van der Waals surface area contributed by atoms with E-state index in [0.717, 1.165) is 9.13 Å². The molecule has 5 heteroatoms. The van der Waals surface area contributed by atoms with Crippen LogP contribution in [0.25, 0.3) is 11.6 Å². The third-order valence-electron chi connectivity index (χ3n) is 3.89. The van der Waals surface area contributed by atoms with Gasteiger partial charge in [-0.3, -0.25) is 0 Å².